The van der Waals surface area contributed by atoms with Crippen molar-refractivity contribution in [2.24, 2.45) is 5.41 Å². The fourth-order valence-corrected chi connectivity index (χ4v) is 4.27. The molecule has 1 spiro atoms. The van der Waals surface area contributed by atoms with Crippen LogP contribution in [0, 0.1) is 5.41 Å². The van der Waals surface area contributed by atoms with Crippen LogP contribution in [-0.2, 0) is 11.3 Å². The van der Waals surface area contributed by atoms with Crippen molar-refractivity contribution in [1.29, 1.82) is 0 Å². The van der Waals surface area contributed by atoms with E-state index in [1.54, 1.807) is 12.0 Å². The van der Waals surface area contributed by atoms with Crippen molar-refractivity contribution in [3.63, 3.8) is 0 Å². The lowest BCUT2D eigenvalue weighted by Crippen LogP contribution is -2.44. The average molecular weight is 410 g/mol. The molecule has 30 heavy (non-hydrogen) atoms. The third-order valence-corrected chi connectivity index (χ3v) is 6.10. The molecule has 1 aromatic carbocycles. The van der Waals surface area contributed by atoms with Crippen molar-refractivity contribution in [3.05, 3.63) is 48.0 Å². The summed E-state index contributed by atoms with van der Waals surface area (Å²) in [6, 6.07) is 7.81. The molecule has 2 amide bonds. The van der Waals surface area contributed by atoms with Crippen molar-refractivity contribution in [2.45, 2.75) is 25.8 Å². The first-order valence-electron chi connectivity index (χ1n) is 10.1. The number of carbonyl (C=O) groups excluding carboxylic acids is 2. The molecular weight excluding hydrogens is 384 g/mol. The van der Waals surface area contributed by atoms with Gasteiger partial charge in [-0.2, -0.15) is 0 Å². The number of rotatable bonds is 5. The van der Waals surface area contributed by atoms with E-state index in [0.29, 0.717) is 31.8 Å². The lowest BCUT2D eigenvalue weighted by atomic mass is 9.77. The monoisotopic (exact) mass is 410 g/mol. The third-order valence-electron chi connectivity index (χ3n) is 6.10. The van der Waals surface area contributed by atoms with E-state index in [-0.39, 0.29) is 23.1 Å². The number of aromatic nitrogens is 2. The van der Waals surface area contributed by atoms with E-state index in [1.165, 1.54) is 19.5 Å². The van der Waals surface area contributed by atoms with Gasteiger partial charge in [-0.15, -0.1) is 0 Å². The molecule has 0 aliphatic carbocycles. The molecule has 0 atom stereocenters. The van der Waals surface area contributed by atoms with E-state index in [0.717, 1.165) is 30.7 Å². The molecule has 8 nitrogen and oxygen atoms in total. The number of hydrogen-bond donors (Lipinski definition) is 0. The van der Waals surface area contributed by atoms with Crippen molar-refractivity contribution >= 4 is 11.8 Å². The lowest BCUT2D eigenvalue weighted by molar-refractivity contribution is -0.128. The molecule has 2 saturated heterocycles. The Kier molecular flexibility index (Phi) is 5.57. The predicted octanol–water partition coefficient (Wildman–Crippen LogP) is 2.15. The van der Waals surface area contributed by atoms with Gasteiger partial charge in [-0.3, -0.25) is 9.59 Å². The van der Waals surface area contributed by atoms with Crippen molar-refractivity contribution < 1.29 is 19.1 Å². The molecule has 4 rings (SSSR count). The number of ether oxygens (including phenoxy) is 2. The van der Waals surface area contributed by atoms with E-state index in [9.17, 15) is 9.59 Å². The van der Waals surface area contributed by atoms with E-state index in [2.05, 4.69) is 9.97 Å². The third kappa shape index (κ3) is 4.08. The number of methoxy groups -OCH3 is 2. The molecule has 0 unspecified atom stereocenters. The number of piperidine rings is 1. The first-order chi connectivity index (χ1) is 14.5. The van der Waals surface area contributed by atoms with Gasteiger partial charge in [-0.05, 0) is 30.5 Å². The number of likely N-dealkylation sites (tertiary alicyclic amines) is 2. The summed E-state index contributed by atoms with van der Waals surface area (Å²) < 4.78 is 10.2. The highest BCUT2D eigenvalue weighted by Crippen LogP contribution is 2.41. The van der Waals surface area contributed by atoms with Crippen LogP contribution in [0.1, 0.15) is 35.4 Å². The van der Waals surface area contributed by atoms with Crippen molar-refractivity contribution in [3.8, 4) is 11.5 Å². The topological polar surface area (TPSA) is 84.9 Å². The maximum absolute atomic E-state index is 12.7. The Balaban J connectivity index is 1.35. The molecule has 3 heterocycles. The molecule has 0 saturated carbocycles. The molecular formula is C22H26N4O4. The number of benzene rings is 1. The lowest BCUT2D eigenvalue weighted by Gasteiger charge is -2.38. The number of hydrogen-bond acceptors (Lipinski definition) is 6. The van der Waals surface area contributed by atoms with Gasteiger partial charge in [0, 0.05) is 38.0 Å². The minimum atomic E-state index is -0.174. The molecule has 0 N–H and O–H groups in total. The zero-order valence-corrected chi connectivity index (χ0v) is 17.3. The summed E-state index contributed by atoms with van der Waals surface area (Å²) >= 11 is 0. The van der Waals surface area contributed by atoms with Crippen LogP contribution in [0.3, 0.4) is 0 Å². The highest BCUT2D eigenvalue weighted by molar-refractivity contribution is 5.90. The van der Waals surface area contributed by atoms with E-state index in [1.807, 2.05) is 29.2 Å². The molecule has 158 valence electrons. The number of amides is 2. The summed E-state index contributed by atoms with van der Waals surface area (Å²) in [4.78, 5) is 37.3. The van der Waals surface area contributed by atoms with Gasteiger partial charge in [0.05, 0.1) is 26.6 Å². The second kappa shape index (κ2) is 8.30. The molecule has 0 radical (unpaired) electrons. The Bertz CT molecular complexity index is 906. The van der Waals surface area contributed by atoms with E-state index >= 15 is 0 Å². The second-order valence-electron chi connectivity index (χ2n) is 8.01. The van der Waals surface area contributed by atoms with Crippen molar-refractivity contribution in [1.82, 2.24) is 19.8 Å². The summed E-state index contributed by atoms with van der Waals surface area (Å²) in [7, 11) is 3.17. The van der Waals surface area contributed by atoms with Crippen LogP contribution in [0.5, 0.6) is 11.5 Å². The van der Waals surface area contributed by atoms with Crippen LogP contribution in [-0.4, -0.2) is 65.4 Å². The Morgan fingerprint density at radius 1 is 1.03 bits per heavy atom. The second-order valence-corrected chi connectivity index (χ2v) is 8.01. The summed E-state index contributed by atoms with van der Waals surface area (Å²) in [5.74, 6) is 1.51. The van der Waals surface area contributed by atoms with Gasteiger partial charge >= 0.3 is 0 Å². The molecule has 2 fully saturated rings. The minimum Gasteiger partial charge on any atom is -0.497 e. The van der Waals surface area contributed by atoms with Crippen LogP contribution >= 0.6 is 0 Å². The molecule has 2 aliphatic rings. The van der Waals surface area contributed by atoms with Gasteiger partial charge < -0.3 is 19.3 Å². The number of nitrogens with zero attached hydrogens (tertiary/aromatic N) is 4. The molecule has 0 bridgehead atoms. The Hall–Kier alpha value is -3.16. The van der Waals surface area contributed by atoms with Crippen LogP contribution in [0.4, 0.5) is 0 Å². The molecule has 8 heteroatoms. The van der Waals surface area contributed by atoms with Gasteiger partial charge in [0.25, 0.3) is 5.91 Å². The summed E-state index contributed by atoms with van der Waals surface area (Å²) in [6.07, 6.45) is 5.15. The fourth-order valence-electron chi connectivity index (χ4n) is 4.27. The maximum atomic E-state index is 12.7. The van der Waals surface area contributed by atoms with Gasteiger partial charge in [-0.1, -0.05) is 12.1 Å². The standard InChI is InChI=1S/C22H26N4O4/c1-29-17-5-3-16(4-6-17)14-26-15-22(11-19(26)27)7-9-25(10-8-22)21(28)20-23-12-18(30-2)13-24-20/h3-6,12-13H,7-11,14-15H2,1-2H3. The van der Waals surface area contributed by atoms with Crippen LogP contribution < -0.4 is 9.47 Å². The largest absolute Gasteiger partial charge is 0.497 e. The van der Waals surface area contributed by atoms with Gasteiger partial charge in [-0.25, -0.2) is 9.97 Å². The van der Waals surface area contributed by atoms with Crippen LogP contribution in [0.25, 0.3) is 0 Å². The quantitative estimate of drug-likeness (QED) is 0.751. The van der Waals surface area contributed by atoms with Crippen molar-refractivity contribution in [2.75, 3.05) is 33.9 Å². The first kappa shape index (κ1) is 20.1. The van der Waals surface area contributed by atoms with E-state index < -0.39 is 0 Å². The fraction of sp³-hybridized carbons (Fsp3) is 0.455. The van der Waals surface area contributed by atoms with E-state index in [4.69, 9.17) is 9.47 Å². The summed E-state index contributed by atoms with van der Waals surface area (Å²) in [6.45, 7) is 2.56. The SMILES string of the molecule is COc1ccc(CN2CC3(CCN(C(=O)c4ncc(OC)cn4)CC3)CC2=O)cc1. The zero-order chi connectivity index (χ0) is 21.1. The zero-order valence-electron chi connectivity index (χ0n) is 17.3. The minimum absolute atomic E-state index is 0.0545. The highest BCUT2D eigenvalue weighted by Gasteiger charge is 2.45. The van der Waals surface area contributed by atoms with Crippen LogP contribution in [0.2, 0.25) is 0 Å². The predicted molar refractivity (Wildman–Crippen MR) is 109 cm³/mol. The van der Waals surface area contributed by atoms with Gasteiger partial charge in [0.15, 0.2) is 5.75 Å². The maximum Gasteiger partial charge on any atom is 0.291 e. The first-order valence-corrected chi connectivity index (χ1v) is 10.1. The Labute approximate surface area is 175 Å². The average Bonchev–Trinajstić information content (AvgIpc) is 3.08. The number of carbonyl (C=O) groups is 2. The van der Waals surface area contributed by atoms with Gasteiger partial charge in [0.1, 0.15) is 5.75 Å². The highest BCUT2D eigenvalue weighted by atomic mass is 16.5. The molecule has 2 aromatic rings. The Morgan fingerprint density at radius 2 is 1.67 bits per heavy atom. The molecule has 1 aromatic heterocycles. The van der Waals surface area contributed by atoms with Gasteiger partial charge in [0.2, 0.25) is 11.7 Å². The Morgan fingerprint density at radius 3 is 2.27 bits per heavy atom. The summed E-state index contributed by atoms with van der Waals surface area (Å²) in [5.41, 5.74) is 1.03. The smallest absolute Gasteiger partial charge is 0.291 e. The summed E-state index contributed by atoms with van der Waals surface area (Å²) in [5, 5.41) is 0. The molecule has 2 aliphatic heterocycles. The normalized spacial score (nSPS) is 18.0. The van der Waals surface area contributed by atoms with Crippen LogP contribution in [0.15, 0.2) is 36.7 Å².